The van der Waals surface area contributed by atoms with E-state index in [0.29, 0.717) is 16.9 Å². The van der Waals surface area contributed by atoms with Crippen LogP contribution in [0.15, 0.2) is 17.4 Å². The molecule has 8 heteroatoms. The SMILES string of the molecule is COc1c(O)c2c3c(c1O)C(=O)C1(O[Si](C)(C)C)C(=C3C(C)=CC2=O)OC(C)C1(C)C. The van der Waals surface area contributed by atoms with Crippen LogP contribution in [0.1, 0.15) is 54.0 Å². The molecule has 0 aromatic heterocycles. The number of Topliss-reactive ketones (excluding diaryl/α,β-unsaturated/α-hetero) is 1. The number of carbonyl (C=O) groups excluding carboxylic acids is 2. The molecule has 2 unspecified atom stereocenters. The normalized spacial score (nSPS) is 26.3. The van der Waals surface area contributed by atoms with Gasteiger partial charge in [-0.2, -0.15) is 0 Å². The molecule has 3 aliphatic rings. The largest absolute Gasteiger partial charge is 0.504 e. The lowest BCUT2D eigenvalue weighted by molar-refractivity contribution is 0.00419. The number of hydrogen-bond acceptors (Lipinski definition) is 7. The van der Waals surface area contributed by atoms with E-state index in [9.17, 15) is 19.8 Å². The molecule has 0 saturated carbocycles. The van der Waals surface area contributed by atoms with Gasteiger partial charge in [-0.05, 0) is 45.1 Å². The third-order valence-corrected chi connectivity index (χ3v) is 7.54. The Labute approximate surface area is 182 Å². The Kier molecular flexibility index (Phi) is 4.35. The summed E-state index contributed by atoms with van der Waals surface area (Å²) in [4.78, 5) is 27.1. The van der Waals surface area contributed by atoms with Crippen LogP contribution in [-0.2, 0) is 9.16 Å². The molecule has 1 heterocycles. The van der Waals surface area contributed by atoms with Crippen LogP contribution in [0.4, 0.5) is 0 Å². The third kappa shape index (κ3) is 2.49. The van der Waals surface area contributed by atoms with Crippen LogP contribution in [0.3, 0.4) is 0 Å². The number of carbonyl (C=O) groups is 2. The Morgan fingerprint density at radius 1 is 1.06 bits per heavy atom. The summed E-state index contributed by atoms with van der Waals surface area (Å²) >= 11 is 0. The number of methoxy groups -OCH3 is 1. The lowest BCUT2D eigenvalue weighted by Crippen LogP contribution is -2.59. The topological polar surface area (TPSA) is 102 Å². The number of hydrogen-bond donors (Lipinski definition) is 2. The van der Waals surface area contributed by atoms with Crippen molar-refractivity contribution in [3.05, 3.63) is 34.1 Å². The number of phenols is 2. The number of rotatable bonds is 3. The standard InChI is InChI=1S/C23H28O7Si/c1-10-9-12(24)14-15-13(10)21-23(30-31(6,7)8,22(3,4)11(2)29-21)20(27)16(15)18(26)19(28-5)17(14)25/h9,11,25-26H,1-8H3. The Balaban J connectivity index is 2.24. The first-order chi connectivity index (χ1) is 14.2. The number of aromatic hydroxyl groups is 2. The molecule has 0 spiro atoms. The molecule has 0 radical (unpaired) electrons. The van der Waals surface area contributed by atoms with Crippen molar-refractivity contribution < 1.29 is 33.7 Å². The summed E-state index contributed by atoms with van der Waals surface area (Å²) in [7, 11) is -1.07. The van der Waals surface area contributed by atoms with E-state index in [1.165, 1.54) is 13.2 Å². The van der Waals surface area contributed by atoms with Gasteiger partial charge in [-0.25, -0.2) is 0 Å². The molecule has 1 fully saturated rings. The first-order valence-electron chi connectivity index (χ1n) is 10.3. The number of benzene rings is 1. The van der Waals surface area contributed by atoms with Gasteiger partial charge in [-0.15, -0.1) is 0 Å². The second-order valence-corrected chi connectivity index (χ2v) is 14.4. The van der Waals surface area contributed by atoms with E-state index in [4.69, 9.17) is 13.9 Å². The highest BCUT2D eigenvalue weighted by Gasteiger charge is 2.69. The molecule has 1 aliphatic heterocycles. The summed E-state index contributed by atoms with van der Waals surface area (Å²) in [6.45, 7) is 13.4. The fraction of sp³-hybridized carbons (Fsp3) is 0.478. The minimum Gasteiger partial charge on any atom is -0.504 e. The molecule has 166 valence electrons. The predicted molar refractivity (Wildman–Crippen MR) is 117 cm³/mol. The van der Waals surface area contributed by atoms with Gasteiger partial charge < -0.3 is 24.1 Å². The first-order valence-corrected chi connectivity index (χ1v) is 13.7. The van der Waals surface area contributed by atoms with Crippen LogP contribution >= 0.6 is 0 Å². The Bertz CT molecular complexity index is 1120. The average Bonchev–Trinajstić information content (AvgIpc) is 2.81. The van der Waals surface area contributed by atoms with Gasteiger partial charge in [-0.3, -0.25) is 9.59 Å². The molecule has 1 aromatic carbocycles. The molecule has 0 bridgehead atoms. The first kappa shape index (κ1) is 21.6. The molecular formula is C23H28O7Si. The van der Waals surface area contributed by atoms with Crippen molar-refractivity contribution in [2.75, 3.05) is 7.11 Å². The predicted octanol–water partition coefficient (Wildman–Crippen LogP) is 4.19. The van der Waals surface area contributed by atoms with Crippen LogP contribution in [0.5, 0.6) is 17.2 Å². The van der Waals surface area contributed by atoms with Crippen molar-refractivity contribution >= 4 is 25.5 Å². The molecule has 0 amide bonds. The van der Waals surface area contributed by atoms with Crippen LogP contribution in [0.2, 0.25) is 19.6 Å². The third-order valence-electron chi connectivity index (χ3n) is 6.62. The molecule has 2 atom stereocenters. The molecular weight excluding hydrogens is 416 g/mol. The maximum atomic E-state index is 14.3. The van der Waals surface area contributed by atoms with Gasteiger partial charge in [0.05, 0.1) is 18.2 Å². The second kappa shape index (κ2) is 6.23. The Morgan fingerprint density at radius 3 is 2.19 bits per heavy atom. The van der Waals surface area contributed by atoms with E-state index in [-0.39, 0.29) is 28.5 Å². The van der Waals surface area contributed by atoms with Crippen molar-refractivity contribution in [3.63, 3.8) is 0 Å². The number of ether oxygens (including phenoxy) is 2. The Morgan fingerprint density at radius 2 is 1.65 bits per heavy atom. The van der Waals surface area contributed by atoms with Crippen molar-refractivity contribution in [2.24, 2.45) is 5.41 Å². The number of ketones is 2. The maximum Gasteiger partial charge on any atom is 0.206 e. The van der Waals surface area contributed by atoms with E-state index >= 15 is 0 Å². The minimum atomic E-state index is -2.33. The van der Waals surface area contributed by atoms with Gasteiger partial charge in [0.15, 0.2) is 31.2 Å². The summed E-state index contributed by atoms with van der Waals surface area (Å²) in [5, 5.41) is 21.8. The van der Waals surface area contributed by atoms with Crippen LogP contribution in [0, 0.1) is 5.41 Å². The lowest BCUT2D eigenvalue weighted by atomic mass is 9.63. The highest BCUT2D eigenvalue weighted by atomic mass is 28.4. The smallest absolute Gasteiger partial charge is 0.206 e. The molecule has 4 rings (SSSR count). The van der Waals surface area contributed by atoms with Crippen molar-refractivity contribution in [3.8, 4) is 17.2 Å². The fourth-order valence-corrected chi connectivity index (χ4v) is 6.28. The summed E-state index contributed by atoms with van der Waals surface area (Å²) in [6, 6.07) is 0. The fourth-order valence-electron chi connectivity index (χ4n) is 4.91. The van der Waals surface area contributed by atoms with Crippen LogP contribution in [-0.4, -0.2) is 48.9 Å². The highest BCUT2D eigenvalue weighted by molar-refractivity contribution is 6.70. The summed E-state index contributed by atoms with van der Waals surface area (Å²) in [5.74, 6) is -1.92. The molecule has 7 nitrogen and oxygen atoms in total. The van der Waals surface area contributed by atoms with E-state index in [1.54, 1.807) is 6.92 Å². The van der Waals surface area contributed by atoms with E-state index < -0.39 is 42.4 Å². The monoisotopic (exact) mass is 444 g/mol. The van der Waals surface area contributed by atoms with Crippen molar-refractivity contribution in [2.45, 2.75) is 59.0 Å². The molecule has 2 N–H and O–H groups in total. The van der Waals surface area contributed by atoms with E-state index in [1.807, 2.05) is 40.4 Å². The average molecular weight is 445 g/mol. The number of phenolic OH excluding ortho intramolecular Hbond substituents is 2. The van der Waals surface area contributed by atoms with Gasteiger partial charge in [0.25, 0.3) is 0 Å². The van der Waals surface area contributed by atoms with Gasteiger partial charge in [0, 0.05) is 16.6 Å². The minimum absolute atomic E-state index is 0.0753. The van der Waals surface area contributed by atoms with Crippen LogP contribution in [0.25, 0.3) is 5.57 Å². The van der Waals surface area contributed by atoms with Gasteiger partial charge in [0.2, 0.25) is 11.5 Å². The molecule has 1 aromatic rings. The Hall–Kier alpha value is -2.58. The zero-order chi connectivity index (χ0) is 23.3. The van der Waals surface area contributed by atoms with E-state index in [0.717, 1.165) is 0 Å². The molecule has 2 aliphatic carbocycles. The number of fused-ring (bicyclic) bond motifs is 1. The van der Waals surface area contributed by atoms with E-state index in [2.05, 4.69) is 0 Å². The maximum absolute atomic E-state index is 14.3. The highest BCUT2D eigenvalue weighted by Crippen LogP contribution is 2.62. The zero-order valence-corrected chi connectivity index (χ0v) is 20.1. The van der Waals surface area contributed by atoms with Gasteiger partial charge in [0.1, 0.15) is 11.9 Å². The number of allylic oxidation sites excluding steroid dienone is 3. The summed E-state index contributed by atoms with van der Waals surface area (Å²) in [5.41, 5.74) is -1.14. The zero-order valence-electron chi connectivity index (χ0n) is 19.1. The van der Waals surface area contributed by atoms with Crippen molar-refractivity contribution in [1.82, 2.24) is 0 Å². The van der Waals surface area contributed by atoms with Crippen molar-refractivity contribution in [1.29, 1.82) is 0 Å². The van der Waals surface area contributed by atoms with Crippen LogP contribution < -0.4 is 4.74 Å². The summed E-state index contributed by atoms with van der Waals surface area (Å²) in [6.07, 6.45) is 1.02. The molecule has 1 saturated heterocycles. The van der Waals surface area contributed by atoms with Gasteiger partial charge >= 0.3 is 0 Å². The second-order valence-electron chi connectivity index (χ2n) is 9.96. The quantitative estimate of drug-likeness (QED) is 0.674. The molecule has 31 heavy (non-hydrogen) atoms. The van der Waals surface area contributed by atoms with Gasteiger partial charge in [-0.1, -0.05) is 13.8 Å². The summed E-state index contributed by atoms with van der Waals surface area (Å²) < 4.78 is 18.1. The lowest BCUT2D eigenvalue weighted by Gasteiger charge is -2.46.